The minimum absolute atomic E-state index is 0.0329. The van der Waals surface area contributed by atoms with Crippen LogP contribution < -0.4 is 5.32 Å². The monoisotopic (exact) mass is 355 g/mol. The van der Waals surface area contributed by atoms with Crippen LogP contribution in [0.5, 0.6) is 0 Å². The molecule has 2 aliphatic heterocycles. The highest BCUT2D eigenvalue weighted by atomic mass is 19.4. The summed E-state index contributed by atoms with van der Waals surface area (Å²) in [5, 5.41) is 2.49. The Morgan fingerprint density at radius 1 is 1.16 bits per heavy atom. The molecule has 0 aliphatic carbocycles. The van der Waals surface area contributed by atoms with E-state index in [9.17, 15) is 27.6 Å². The van der Waals surface area contributed by atoms with Gasteiger partial charge in [0.2, 0.25) is 17.7 Å². The maximum atomic E-state index is 12.6. The molecule has 1 aromatic carbocycles. The second kappa shape index (κ2) is 6.38. The lowest BCUT2D eigenvalue weighted by molar-refractivity contribution is -0.152. The van der Waals surface area contributed by atoms with E-state index in [4.69, 9.17) is 0 Å². The number of hydrogen-bond acceptors (Lipinski definition) is 3. The molecule has 134 valence electrons. The van der Waals surface area contributed by atoms with Crippen LogP contribution in [-0.4, -0.2) is 59.7 Å². The Morgan fingerprint density at radius 3 is 2.48 bits per heavy atom. The summed E-state index contributed by atoms with van der Waals surface area (Å²) >= 11 is 0. The number of rotatable bonds is 2. The van der Waals surface area contributed by atoms with Crippen molar-refractivity contribution in [3.63, 3.8) is 0 Å². The fraction of sp³-hybridized carbons (Fsp3) is 0.438. The number of carbonyl (C=O) groups excluding carboxylic acids is 3. The fourth-order valence-electron chi connectivity index (χ4n) is 3.01. The molecule has 25 heavy (non-hydrogen) atoms. The highest BCUT2D eigenvalue weighted by molar-refractivity contribution is 5.95. The molecule has 1 N–H and O–H groups in total. The molecule has 1 atom stereocenters. The van der Waals surface area contributed by atoms with Gasteiger partial charge in [0, 0.05) is 13.1 Å². The van der Waals surface area contributed by atoms with Crippen molar-refractivity contribution in [2.75, 3.05) is 26.2 Å². The van der Waals surface area contributed by atoms with Gasteiger partial charge >= 0.3 is 6.18 Å². The van der Waals surface area contributed by atoms with E-state index in [0.29, 0.717) is 12.1 Å². The Balaban J connectivity index is 1.64. The van der Waals surface area contributed by atoms with Crippen LogP contribution in [0.1, 0.15) is 11.1 Å². The topological polar surface area (TPSA) is 69.7 Å². The molecule has 2 aliphatic rings. The van der Waals surface area contributed by atoms with Gasteiger partial charge in [-0.3, -0.25) is 14.4 Å². The number of piperazine rings is 2. The normalized spacial score (nSPS) is 21.0. The number of carbonyl (C=O) groups is 3. The van der Waals surface area contributed by atoms with Gasteiger partial charge in [0.1, 0.15) is 6.04 Å². The molecule has 2 saturated heterocycles. The number of hydrogen-bond donors (Lipinski definition) is 1. The van der Waals surface area contributed by atoms with Crippen LogP contribution in [0.2, 0.25) is 0 Å². The molecule has 3 rings (SSSR count). The van der Waals surface area contributed by atoms with Crippen LogP contribution in [0.25, 0.3) is 0 Å². The largest absolute Gasteiger partial charge is 0.416 e. The zero-order valence-corrected chi connectivity index (χ0v) is 13.2. The highest BCUT2D eigenvalue weighted by Crippen LogP contribution is 2.29. The van der Waals surface area contributed by atoms with Crippen LogP contribution in [0.3, 0.4) is 0 Å². The zero-order valence-electron chi connectivity index (χ0n) is 13.2. The molecule has 6 nitrogen and oxygen atoms in total. The smallest absolute Gasteiger partial charge is 0.345 e. The predicted molar refractivity (Wildman–Crippen MR) is 80.2 cm³/mol. The molecule has 3 amide bonds. The second-order valence-corrected chi connectivity index (χ2v) is 6.03. The molecule has 9 heteroatoms. The molecular weight excluding hydrogens is 339 g/mol. The summed E-state index contributed by atoms with van der Waals surface area (Å²) in [6.07, 6.45) is -4.47. The summed E-state index contributed by atoms with van der Waals surface area (Å²) < 4.78 is 37.7. The van der Waals surface area contributed by atoms with Crippen molar-refractivity contribution < 1.29 is 27.6 Å². The van der Waals surface area contributed by atoms with Crippen molar-refractivity contribution in [2.45, 2.75) is 18.6 Å². The van der Waals surface area contributed by atoms with Crippen molar-refractivity contribution in [1.29, 1.82) is 0 Å². The number of nitrogens with one attached hydrogen (secondary N) is 1. The third kappa shape index (κ3) is 3.59. The van der Waals surface area contributed by atoms with E-state index in [1.807, 2.05) is 0 Å². The van der Waals surface area contributed by atoms with E-state index >= 15 is 0 Å². The molecule has 1 aromatic rings. The van der Waals surface area contributed by atoms with E-state index in [1.165, 1.54) is 21.9 Å². The molecule has 2 fully saturated rings. The van der Waals surface area contributed by atoms with Crippen LogP contribution in [0, 0.1) is 0 Å². The third-order valence-electron chi connectivity index (χ3n) is 4.41. The van der Waals surface area contributed by atoms with Gasteiger partial charge in [-0.2, -0.15) is 13.2 Å². The summed E-state index contributed by atoms with van der Waals surface area (Å²) in [6.45, 7) is 0.635. The van der Waals surface area contributed by atoms with Crippen molar-refractivity contribution in [3.8, 4) is 0 Å². The van der Waals surface area contributed by atoms with E-state index < -0.39 is 17.8 Å². The number of benzene rings is 1. The lowest BCUT2D eigenvalue weighted by atomic mass is 10.1. The molecular formula is C16H16F3N3O3. The second-order valence-electron chi connectivity index (χ2n) is 6.03. The first kappa shape index (κ1) is 17.2. The maximum Gasteiger partial charge on any atom is 0.416 e. The summed E-state index contributed by atoms with van der Waals surface area (Å²) in [6, 6.07) is 3.72. The van der Waals surface area contributed by atoms with E-state index in [1.54, 1.807) is 0 Å². The Morgan fingerprint density at radius 2 is 1.84 bits per heavy atom. The van der Waals surface area contributed by atoms with Crippen molar-refractivity contribution in [2.24, 2.45) is 0 Å². The van der Waals surface area contributed by atoms with Gasteiger partial charge in [-0.05, 0) is 17.7 Å². The van der Waals surface area contributed by atoms with Gasteiger partial charge in [-0.25, -0.2) is 0 Å². The van der Waals surface area contributed by atoms with Crippen LogP contribution in [0.15, 0.2) is 24.3 Å². The Labute approximate surface area is 141 Å². The SMILES string of the molecule is O=C1NCC(=O)N2CCN(C(=O)Cc3ccc(C(F)(F)F)cc3)C[C@@H]12. The highest BCUT2D eigenvalue weighted by Gasteiger charge is 2.39. The first-order valence-electron chi connectivity index (χ1n) is 7.77. The average molecular weight is 355 g/mol. The third-order valence-corrected chi connectivity index (χ3v) is 4.41. The van der Waals surface area contributed by atoms with Gasteiger partial charge in [-0.1, -0.05) is 12.1 Å². The zero-order chi connectivity index (χ0) is 18.2. The number of fused-ring (bicyclic) bond motifs is 1. The lowest BCUT2D eigenvalue weighted by Crippen LogP contribution is -2.66. The van der Waals surface area contributed by atoms with Gasteiger partial charge in [-0.15, -0.1) is 0 Å². The fourth-order valence-corrected chi connectivity index (χ4v) is 3.01. The van der Waals surface area contributed by atoms with Gasteiger partial charge < -0.3 is 15.1 Å². The summed E-state index contributed by atoms with van der Waals surface area (Å²) in [5.41, 5.74) is -0.306. The summed E-state index contributed by atoms with van der Waals surface area (Å²) in [7, 11) is 0. The van der Waals surface area contributed by atoms with E-state index in [-0.39, 0.29) is 43.8 Å². The van der Waals surface area contributed by atoms with Crippen molar-refractivity contribution in [3.05, 3.63) is 35.4 Å². The molecule has 0 radical (unpaired) electrons. The van der Waals surface area contributed by atoms with Crippen molar-refractivity contribution in [1.82, 2.24) is 15.1 Å². The van der Waals surface area contributed by atoms with E-state index in [0.717, 1.165) is 12.1 Å². The van der Waals surface area contributed by atoms with Gasteiger partial charge in [0.25, 0.3) is 0 Å². The molecule has 0 aromatic heterocycles. The minimum atomic E-state index is -4.42. The summed E-state index contributed by atoms with van der Waals surface area (Å²) in [5.74, 6) is -0.767. The molecule has 0 saturated carbocycles. The van der Waals surface area contributed by atoms with Crippen LogP contribution >= 0.6 is 0 Å². The molecule has 0 unspecified atom stereocenters. The average Bonchev–Trinajstić information content (AvgIpc) is 2.57. The molecule has 2 heterocycles. The van der Waals surface area contributed by atoms with E-state index in [2.05, 4.69) is 5.32 Å². The maximum absolute atomic E-state index is 12.6. The first-order valence-corrected chi connectivity index (χ1v) is 7.77. The lowest BCUT2D eigenvalue weighted by Gasteiger charge is -2.42. The Bertz CT molecular complexity index is 703. The summed E-state index contributed by atoms with van der Waals surface area (Å²) in [4.78, 5) is 39.0. The number of nitrogens with zero attached hydrogens (tertiary/aromatic N) is 2. The van der Waals surface area contributed by atoms with Gasteiger partial charge in [0.05, 0.1) is 25.1 Å². The minimum Gasteiger partial charge on any atom is -0.345 e. The number of alkyl halides is 3. The van der Waals surface area contributed by atoms with Gasteiger partial charge in [0.15, 0.2) is 0 Å². The van der Waals surface area contributed by atoms with Crippen LogP contribution in [0.4, 0.5) is 13.2 Å². The van der Waals surface area contributed by atoms with Crippen LogP contribution in [-0.2, 0) is 27.0 Å². The quantitative estimate of drug-likeness (QED) is 0.836. The first-order chi connectivity index (χ1) is 11.8. The Hall–Kier alpha value is -2.58. The number of halogens is 3. The van der Waals surface area contributed by atoms with Crippen molar-refractivity contribution >= 4 is 17.7 Å². The standard InChI is InChI=1S/C16H16F3N3O3/c17-16(18,19)11-3-1-10(2-4-11)7-13(23)21-5-6-22-12(9-21)15(25)20-8-14(22)24/h1-4,12H,5-9H2,(H,20,25)/t12-/m0/s1. The number of amides is 3. The molecule has 0 spiro atoms. The predicted octanol–water partition coefficient (Wildman–Crippen LogP) is 0.417. The molecule has 0 bridgehead atoms. The Kier molecular flexibility index (Phi) is 4.40.